The molecule has 0 aliphatic carbocycles. The van der Waals surface area contributed by atoms with Crippen LogP contribution in [0.4, 0.5) is 0 Å². The second-order valence-corrected chi connectivity index (χ2v) is 6.21. The number of aromatic nitrogens is 2. The summed E-state index contributed by atoms with van der Waals surface area (Å²) in [4.78, 5) is 12.9. The third-order valence-electron chi connectivity index (χ3n) is 4.32. The molecule has 0 atom stereocenters. The van der Waals surface area contributed by atoms with Gasteiger partial charge < -0.3 is 5.32 Å². The Kier molecular flexibility index (Phi) is 4.79. The van der Waals surface area contributed by atoms with Crippen molar-refractivity contribution >= 4 is 5.91 Å². The van der Waals surface area contributed by atoms with E-state index in [1.807, 2.05) is 91.0 Å². The van der Waals surface area contributed by atoms with Gasteiger partial charge in [0.2, 0.25) is 0 Å². The summed E-state index contributed by atoms with van der Waals surface area (Å²) in [5.41, 5.74) is 4.11. The van der Waals surface area contributed by atoms with E-state index in [2.05, 4.69) is 10.4 Å². The van der Waals surface area contributed by atoms with E-state index in [9.17, 15) is 4.79 Å². The lowest BCUT2D eigenvalue weighted by atomic mass is 10.1. The molecule has 3 aromatic carbocycles. The molecule has 0 fully saturated rings. The molecule has 4 rings (SSSR count). The van der Waals surface area contributed by atoms with Gasteiger partial charge in [-0.1, -0.05) is 78.9 Å². The van der Waals surface area contributed by atoms with E-state index in [1.54, 1.807) is 10.9 Å². The average Bonchev–Trinajstić information content (AvgIpc) is 3.20. The van der Waals surface area contributed by atoms with Crippen LogP contribution in [-0.4, -0.2) is 15.7 Å². The Balaban J connectivity index is 1.67. The van der Waals surface area contributed by atoms with Gasteiger partial charge in [0.05, 0.1) is 11.3 Å². The SMILES string of the molecule is O=C(NCc1ccccc1)c1cn(-c2ccccc2)nc1-c1ccccc1. The first kappa shape index (κ1) is 16.8. The number of hydrogen-bond donors (Lipinski definition) is 1. The van der Waals surface area contributed by atoms with Crippen LogP contribution in [0.1, 0.15) is 15.9 Å². The maximum absolute atomic E-state index is 12.9. The molecule has 27 heavy (non-hydrogen) atoms. The molecule has 0 aliphatic heterocycles. The number of amides is 1. The molecule has 132 valence electrons. The summed E-state index contributed by atoms with van der Waals surface area (Å²) in [5.74, 6) is -0.139. The lowest BCUT2D eigenvalue weighted by Gasteiger charge is -2.05. The van der Waals surface area contributed by atoms with Crippen LogP contribution in [-0.2, 0) is 6.54 Å². The molecule has 4 aromatic rings. The molecule has 1 N–H and O–H groups in total. The van der Waals surface area contributed by atoms with Gasteiger partial charge in [-0.25, -0.2) is 4.68 Å². The van der Waals surface area contributed by atoms with E-state index < -0.39 is 0 Å². The number of nitrogens with zero attached hydrogens (tertiary/aromatic N) is 2. The van der Waals surface area contributed by atoms with Crippen molar-refractivity contribution in [1.29, 1.82) is 0 Å². The molecule has 0 spiro atoms. The minimum absolute atomic E-state index is 0.139. The highest BCUT2D eigenvalue weighted by Gasteiger charge is 2.18. The van der Waals surface area contributed by atoms with Gasteiger partial charge in [-0.2, -0.15) is 5.10 Å². The topological polar surface area (TPSA) is 46.9 Å². The molecule has 0 bridgehead atoms. The molecule has 1 aromatic heterocycles. The second-order valence-electron chi connectivity index (χ2n) is 6.21. The van der Waals surface area contributed by atoms with Crippen molar-refractivity contribution < 1.29 is 4.79 Å². The van der Waals surface area contributed by atoms with Gasteiger partial charge in [0.25, 0.3) is 5.91 Å². The molecular formula is C23H19N3O. The maximum Gasteiger partial charge on any atom is 0.255 e. The van der Waals surface area contributed by atoms with Gasteiger partial charge in [0.1, 0.15) is 5.69 Å². The highest BCUT2D eigenvalue weighted by molar-refractivity contribution is 5.99. The third-order valence-corrected chi connectivity index (χ3v) is 4.32. The summed E-state index contributed by atoms with van der Waals surface area (Å²) >= 11 is 0. The fourth-order valence-electron chi connectivity index (χ4n) is 2.94. The van der Waals surface area contributed by atoms with Crippen molar-refractivity contribution in [2.24, 2.45) is 0 Å². The number of carbonyl (C=O) groups excluding carboxylic acids is 1. The van der Waals surface area contributed by atoms with Gasteiger partial charge in [0, 0.05) is 18.3 Å². The largest absolute Gasteiger partial charge is 0.348 e. The predicted molar refractivity (Wildman–Crippen MR) is 107 cm³/mol. The van der Waals surface area contributed by atoms with Gasteiger partial charge in [0.15, 0.2) is 0 Å². The predicted octanol–water partition coefficient (Wildman–Crippen LogP) is 4.47. The Morgan fingerprint density at radius 2 is 1.41 bits per heavy atom. The summed E-state index contributed by atoms with van der Waals surface area (Å²) in [6.07, 6.45) is 1.79. The van der Waals surface area contributed by atoms with Crippen LogP contribution in [0, 0.1) is 0 Å². The van der Waals surface area contributed by atoms with E-state index in [0.717, 1.165) is 16.8 Å². The summed E-state index contributed by atoms with van der Waals surface area (Å²) in [7, 11) is 0. The van der Waals surface area contributed by atoms with Crippen molar-refractivity contribution in [3.63, 3.8) is 0 Å². The normalized spacial score (nSPS) is 10.5. The fourth-order valence-corrected chi connectivity index (χ4v) is 2.94. The van der Waals surface area contributed by atoms with Crippen LogP contribution in [0.3, 0.4) is 0 Å². The van der Waals surface area contributed by atoms with Crippen molar-refractivity contribution in [3.05, 3.63) is 108 Å². The first-order valence-electron chi connectivity index (χ1n) is 8.84. The molecule has 0 saturated heterocycles. The highest BCUT2D eigenvalue weighted by Crippen LogP contribution is 2.23. The van der Waals surface area contributed by atoms with Gasteiger partial charge >= 0.3 is 0 Å². The van der Waals surface area contributed by atoms with Gasteiger partial charge in [-0.15, -0.1) is 0 Å². The molecule has 4 nitrogen and oxygen atoms in total. The van der Waals surface area contributed by atoms with Crippen molar-refractivity contribution in [2.75, 3.05) is 0 Å². The Morgan fingerprint density at radius 1 is 0.815 bits per heavy atom. The maximum atomic E-state index is 12.9. The molecule has 0 radical (unpaired) electrons. The van der Waals surface area contributed by atoms with E-state index >= 15 is 0 Å². The minimum atomic E-state index is -0.139. The van der Waals surface area contributed by atoms with Crippen molar-refractivity contribution in [2.45, 2.75) is 6.54 Å². The summed E-state index contributed by atoms with van der Waals surface area (Å²) in [6.45, 7) is 0.477. The Labute approximate surface area is 158 Å². The number of rotatable bonds is 5. The van der Waals surface area contributed by atoms with Crippen LogP contribution >= 0.6 is 0 Å². The van der Waals surface area contributed by atoms with E-state index in [4.69, 9.17) is 0 Å². The van der Waals surface area contributed by atoms with E-state index in [0.29, 0.717) is 17.8 Å². The molecule has 0 aliphatic rings. The Morgan fingerprint density at radius 3 is 2.07 bits per heavy atom. The second kappa shape index (κ2) is 7.70. The van der Waals surface area contributed by atoms with E-state index in [1.165, 1.54) is 0 Å². The van der Waals surface area contributed by atoms with Crippen molar-refractivity contribution in [1.82, 2.24) is 15.1 Å². The number of nitrogens with one attached hydrogen (secondary N) is 1. The first-order valence-corrected chi connectivity index (χ1v) is 8.84. The quantitative estimate of drug-likeness (QED) is 0.575. The zero-order valence-corrected chi connectivity index (χ0v) is 14.7. The Bertz CT molecular complexity index is 1030. The average molecular weight is 353 g/mol. The minimum Gasteiger partial charge on any atom is -0.348 e. The van der Waals surface area contributed by atoms with E-state index in [-0.39, 0.29) is 5.91 Å². The molecular weight excluding hydrogens is 334 g/mol. The van der Waals surface area contributed by atoms with Crippen LogP contribution < -0.4 is 5.32 Å². The van der Waals surface area contributed by atoms with Gasteiger partial charge in [-0.05, 0) is 17.7 Å². The zero-order valence-electron chi connectivity index (χ0n) is 14.7. The number of hydrogen-bond acceptors (Lipinski definition) is 2. The molecule has 1 heterocycles. The number of benzene rings is 3. The summed E-state index contributed by atoms with van der Waals surface area (Å²) in [6, 6.07) is 29.4. The molecule has 0 unspecified atom stereocenters. The lowest BCUT2D eigenvalue weighted by Crippen LogP contribution is -2.23. The fraction of sp³-hybridized carbons (Fsp3) is 0.0435. The summed E-state index contributed by atoms with van der Waals surface area (Å²) < 4.78 is 1.75. The smallest absolute Gasteiger partial charge is 0.255 e. The lowest BCUT2D eigenvalue weighted by molar-refractivity contribution is 0.0951. The van der Waals surface area contributed by atoms with Gasteiger partial charge in [-0.3, -0.25) is 4.79 Å². The van der Waals surface area contributed by atoms with Crippen LogP contribution in [0.25, 0.3) is 16.9 Å². The standard InChI is InChI=1S/C23H19N3O/c27-23(24-16-18-10-4-1-5-11-18)21-17-26(20-14-8-3-9-15-20)25-22(21)19-12-6-2-7-13-19/h1-15,17H,16H2,(H,24,27). The first-order chi connectivity index (χ1) is 13.3. The highest BCUT2D eigenvalue weighted by atomic mass is 16.1. The Hall–Kier alpha value is -3.66. The van der Waals surface area contributed by atoms with Crippen LogP contribution in [0.5, 0.6) is 0 Å². The number of para-hydroxylation sites is 1. The van der Waals surface area contributed by atoms with Crippen LogP contribution in [0.15, 0.2) is 97.2 Å². The molecule has 1 amide bonds. The monoisotopic (exact) mass is 353 g/mol. The third kappa shape index (κ3) is 3.80. The molecule has 4 heteroatoms. The number of carbonyl (C=O) groups is 1. The van der Waals surface area contributed by atoms with Crippen LogP contribution in [0.2, 0.25) is 0 Å². The van der Waals surface area contributed by atoms with Crippen molar-refractivity contribution in [3.8, 4) is 16.9 Å². The summed E-state index contributed by atoms with van der Waals surface area (Å²) in [5, 5.41) is 7.68. The molecule has 0 saturated carbocycles. The zero-order chi connectivity index (χ0) is 18.5.